The van der Waals surface area contributed by atoms with Crippen LogP contribution in [-0.2, 0) is 0 Å². The van der Waals surface area contributed by atoms with Crippen LogP contribution in [0.15, 0.2) is 0 Å². The molecule has 1 aromatic rings. The van der Waals surface area contributed by atoms with Gasteiger partial charge in [0, 0.05) is 11.7 Å². The van der Waals surface area contributed by atoms with Crippen molar-refractivity contribution < 1.29 is 4.79 Å². The van der Waals surface area contributed by atoms with Crippen LogP contribution >= 0.6 is 0 Å². The molecule has 1 saturated carbocycles. The Hall–Kier alpha value is -1.32. The monoisotopic (exact) mass is 263 g/mol. The summed E-state index contributed by atoms with van der Waals surface area (Å²) in [4.78, 5) is 12.4. The van der Waals surface area contributed by atoms with E-state index in [2.05, 4.69) is 22.4 Å². The summed E-state index contributed by atoms with van der Waals surface area (Å²) in [5, 5.41) is 10.2. The van der Waals surface area contributed by atoms with E-state index in [1.165, 1.54) is 32.1 Å². The summed E-state index contributed by atoms with van der Waals surface area (Å²) < 4.78 is 0. The summed E-state index contributed by atoms with van der Waals surface area (Å²) in [6, 6.07) is 0.307. The molecule has 1 heterocycles. The van der Waals surface area contributed by atoms with Crippen molar-refractivity contribution in [2.24, 2.45) is 5.92 Å². The molecule has 19 heavy (non-hydrogen) atoms. The molecule has 0 bridgehead atoms. The highest BCUT2D eigenvalue weighted by molar-refractivity contribution is 5.96. The minimum atomic E-state index is 0.0289. The first-order chi connectivity index (χ1) is 9.13. The summed E-state index contributed by atoms with van der Waals surface area (Å²) in [7, 11) is 0. The molecular weight excluding hydrogens is 238 g/mol. The maximum absolute atomic E-state index is 12.4. The van der Waals surface area contributed by atoms with Gasteiger partial charge in [-0.15, -0.1) is 0 Å². The van der Waals surface area contributed by atoms with Gasteiger partial charge in [0.15, 0.2) is 0 Å². The van der Waals surface area contributed by atoms with Gasteiger partial charge in [-0.25, -0.2) is 0 Å². The topological polar surface area (TPSA) is 57.8 Å². The Balaban J connectivity index is 2.03. The number of nitrogens with zero attached hydrogens (tertiary/aromatic N) is 1. The summed E-state index contributed by atoms with van der Waals surface area (Å²) in [5.74, 6) is 0.677. The van der Waals surface area contributed by atoms with Gasteiger partial charge in [-0.3, -0.25) is 9.89 Å². The summed E-state index contributed by atoms with van der Waals surface area (Å²) in [6.45, 7) is 5.94. The predicted molar refractivity (Wildman–Crippen MR) is 76.2 cm³/mol. The SMILES string of the molecule is CCC(NC(=O)c1c(C)n[nH]c1C)C1CCCCC1. The fraction of sp³-hybridized carbons (Fsp3) is 0.733. The zero-order valence-corrected chi connectivity index (χ0v) is 12.3. The maximum Gasteiger partial charge on any atom is 0.255 e. The molecular formula is C15H25N3O. The molecule has 4 heteroatoms. The summed E-state index contributed by atoms with van der Waals surface area (Å²) >= 11 is 0. The Morgan fingerprint density at radius 2 is 2.05 bits per heavy atom. The van der Waals surface area contributed by atoms with E-state index in [1.807, 2.05) is 13.8 Å². The number of aromatic nitrogens is 2. The third kappa shape index (κ3) is 3.17. The quantitative estimate of drug-likeness (QED) is 0.877. The molecule has 106 valence electrons. The van der Waals surface area contributed by atoms with Crippen LogP contribution in [0.4, 0.5) is 0 Å². The van der Waals surface area contributed by atoms with Crippen LogP contribution in [0, 0.1) is 19.8 Å². The number of H-pyrrole nitrogens is 1. The van der Waals surface area contributed by atoms with E-state index in [0.717, 1.165) is 17.8 Å². The van der Waals surface area contributed by atoms with Crippen LogP contribution in [0.1, 0.15) is 67.2 Å². The number of aromatic amines is 1. The van der Waals surface area contributed by atoms with Gasteiger partial charge in [-0.2, -0.15) is 5.10 Å². The van der Waals surface area contributed by atoms with Crippen LogP contribution in [0.3, 0.4) is 0 Å². The molecule has 1 aliphatic carbocycles. The van der Waals surface area contributed by atoms with E-state index < -0.39 is 0 Å². The highest BCUT2D eigenvalue weighted by Gasteiger charge is 2.25. The standard InChI is InChI=1S/C15H25N3O/c1-4-13(12-8-6-5-7-9-12)16-15(19)14-10(2)17-18-11(14)3/h12-13H,4-9H2,1-3H3,(H,16,19)(H,17,18). The fourth-order valence-corrected chi connectivity index (χ4v) is 3.22. The lowest BCUT2D eigenvalue weighted by molar-refractivity contribution is 0.0910. The highest BCUT2D eigenvalue weighted by Crippen LogP contribution is 2.28. The molecule has 4 nitrogen and oxygen atoms in total. The van der Waals surface area contributed by atoms with Crippen molar-refractivity contribution in [1.29, 1.82) is 0 Å². The van der Waals surface area contributed by atoms with Gasteiger partial charge in [0.1, 0.15) is 0 Å². The molecule has 1 atom stereocenters. The van der Waals surface area contributed by atoms with E-state index in [0.29, 0.717) is 17.5 Å². The number of hydrogen-bond donors (Lipinski definition) is 2. The van der Waals surface area contributed by atoms with Crippen molar-refractivity contribution in [3.05, 3.63) is 17.0 Å². The molecule has 0 aliphatic heterocycles. The van der Waals surface area contributed by atoms with Crippen molar-refractivity contribution in [3.8, 4) is 0 Å². The van der Waals surface area contributed by atoms with Gasteiger partial charge < -0.3 is 5.32 Å². The molecule has 1 aromatic heterocycles. The normalized spacial score (nSPS) is 18.3. The molecule has 1 amide bonds. The molecule has 1 unspecified atom stereocenters. The van der Waals surface area contributed by atoms with E-state index in [1.54, 1.807) is 0 Å². The molecule has 0 aromatic carbocycles. The van der Waals surface area contributed by atoms with Crippen LogP contribution in [0.2, 0.25) is 0 Å². The third-order valence-electron chi connectivity index (χ3n) is 4.33. The van der Waals surface area contributed by atoms with E-state index in [9.17, 15) is 4.79 Å². The Labute approximate surface area is 115 Å². The van der Waals surface area contributed by atoms with Gasteiger partial charge >= 0.3 is 0 Å². The first kappa shape index (κ1) is 14.1. The first-order valence-corrected chi connectivity index (χ1v) is 7.46. The lowest BCUT2D eigenvalue weighted by Crippen LogP contribution is -2.41. The molecule has 2 N–H and O–H groups in total. The predicted octanol–water partition coefficient (Wildman–Crippen LogP) is 3.12. The molecule has 0 spiro atoms. The molecule has 1 aliphatic rings. The summed E-state index contributed by atoms with van der Waals surface area (Å²) in [5.41, 5.74) is 2.36. The minimum absolute atomic E-state index is 0.0289. The fourth-order valence-electron chi connectivity index (χ4n) is 3.22. The molecule has 0 radical (unpaired) electrons. The number of nitrogens with one attached hydrogen (secondary N) is 2. The second-order valence-electron chi connectivity index (χ2n) is 5.70. The smallest absolute Gasteiger partial charge is 0.255 e. The maximum atomic E-state index is 12.4. The van der Waals surface area contributed by atoms with Gasteiger partial charge in [0.2, 0.25) is 0 Å². The highest BCUT2D eigenvalue weighted by atomic mass is 16.1. The number of carbonyl (C=O) groups is 1. The second kappa shape index (κ2) is 6.22. The average Bonchev–Trinajstić information content (AvgIpc) is 2.76. The molecule has 2 rings (SSSR count). The second-order valence-corrected chi connectivity index (χ2v) is 5.70. The number of aryl methyl sites for hydroxylation is 2. The zero-order valence-electron chi connectivity index (χ0n) is 12.3. The van der Waals surface area contributed by atoms with Crippen LogP contribution in [0.25, 0.3) is 0 Å². The van der Waals surface area contributed by atoms with E-state index >= 15 is 0 Å². The van der Waals surface area contributed by atoms with Gasteiger partial charge in [-0.05, 0) is 39.0 Å². The largest absolute Gasteiger partial charge is 0.349 e. The van der Waals surface area contributed by atoms with Gasteiger partial charge in [0.05, 0.1) is 11.3 Å². The number of carbonyl (C=O) groups excluding carboxylic acids is 1. The summed E-state index contributed by atoms with van der Waals surface area (Å²) in [6.07, 6.45) is 7.47. The lowest BCUT2D eigenvalue weighted by Gasteiger charge is -2.30. The van der Waals surface area contributed by atoms with Crippen molar-refractivity contribution in [2.45, 2.75) is 65.3 Å². The average molecular weight is 263 g/mol. The van der Waals surface area contributed by atoms with Gasteiger partial charge in [0.25, 0.3) is 5.91 Å². The van der Waals surface area contributed by atoms with Crippen molar-refractivity contribution in [1.82, 2.24) is 15.5 Å². The Morgan fingerprint density at radius 3 is 2.58 bits per heavy atom. The Kier molecular flexibility index (Phi) is 4.61. The van der Waals surface area contributed by atoms with E-state index in [4.69, 9.17) is 0 Å². The molecule has 0 saturated heterocycles. The van der Waals surface area contributed by atoms with Crippen molar-refractivity contribution >= 4 is 5.91 Å². The van der Waals surface area contributed by atoms with Crippen LogP contribution in [0.5, 0.6) is 0 Å². The third-order valence-corrected chi connectivity index (χ3v) is 4.33. The minimum Gasteiger partial charge on any atom is -0.349 e. The van der Waals surface area contributed by atoms with Crippen molar-refractivity contribution in [2.75, 3.05) is 0 Å². The van der Waals surface area contributed by atoms with Crippen LogP contribution in [-0.4, -0.2) is 22.1 Å². The molecule has 1 fully saturated rings. The zero-order chi connectivity index (χ0) is 13.8. The van der Waals surface area contributed by atoms with Crippen LogP contribution < -0.4 is 5.32 Å². The van der Waals surface area contributed by atoms with Crippen molar-refractivity contribution in [3.63, 3.8) is 0 Å². The first-order valence-electron chi connectivity index (χ1n) is 7.46. The van der Waals surface area contributed by atoms with Gasteiger partial charge in [-0.1, -0.05) is 26.2 Å². The Morgan fingerprint density at radius 1 is 1.37 bits per heavy atom. The Bertz CT molecular complexity index is 413. The number of amides is 1. The number of hydrogen-bond acceptors (Lipinski definition) is 2. The van der Waals surface area contributed by atoms with E-state index in [-0.39, 0.29) is 5.91 Å². The number of rotatable bonds is 4. The lowest BCUT2D eigenvalue weighted by atomic mass is 9.83.